The topological polar surface area (TPSA) is 68.5 Å². The van der Waals surface area contributed by atoms with Gasteiger partial charge in [-0.1, -0.05) is 11.6 Å². The predicted molar refractivity (Wildman–Crippen MR) is 143 cm³/mol. The third-order valence-corrected chi connectivity index (χ3v) is 7.55. The van der Waals surface area contributed by atoms with Crippen LogP contribution in [0.15, 0.2) is 36.7 Å². The van der Waals surface area contributed by atoms with Gasteiger partial charge < -0.3 is 28.2 Å². The number of imidazole rings is 1. The van der Waals surface area contributed by atoms with Gasteiger partial charge in [0.25, 0.3) is 0 Å². The first-order valence-corrected chi connectivity index (χ1v) is 13.7. The lowest BCUT2D eigenvalue weighted by Crippen LogP contribution is -2.34. The summed E-state index contributed by atoms with van der Waals surface area (Å²) in [6, 6.07) is 7.91. The minimum absolute atomic E-state index is 0.517. The fourth-order valence-electron chi connectivity index (χ4n) is 4.28. The summed E-state index contributed by atoms with van der Waals surface area (Å²) in [4.78, 5) is 9.38. The van der Waals surface area contributed by atoms with Crippen molar-refractivity contribution >= 4 is 34.3 Å². The van der Waals surface area contributed by atoms with Crippen LogP contribution in [0.1, 0.15) is 12.8 Å². The number of aromatic nitrogens is 2. The Morgan fingerprint density at radius 1 is 1.14 bits per heavy atom. The zero-order valence-electron chi connectivity index (χ0n) is 20.9. The number of fused-ring (bicyclic) bond motifs is 1. The molecule has 4 rings (SSSR count). The second-order valence-corrected chi connectivity index (χ2v) is 10.7. The Hall–Kier alpha value is -2.17. The van der Waals surface area contributed by atoms with Gasteiger partial charge in [0, 0.05) is 73.3 Å². The van der Waals surface area contributed by atoms with Gasteiger partial charge in [-0.05, 0) is 39.1 Å². The lowest BCUT2D eigenvalue weighted by atomic mass is 10.1. The second-order valence-electron chi connectivity index (χ2n) is 8.96. The van der Waals surface area contributed by atoms with Gasteiger partial charge >= 0.3 is 0 Å². The number of hydrogen-bond acceptors (Lipinski definition) is 7. The lowest BCUT2D eigenvalue weighted by molar-refractivity contribution is 0.281. The number of pyridine rings is 1. The molecule has 1 atom stereocenters. The molecule has 1 aromatic carbocycles. The third kappa shape index (κ3) is 6.34. The summed E-state index contributed by atoms with van der Waals surface area (Å²) in [6.07, 6.45) is 7.66. The zero-order valence-corrected chi connectivity index (χ0v) is 22.4. The Labute approximate surface area is 215 Å². The van der Waals surface area contributed by atoms with E-state index in [1.807, 2.05) is 47.3 Å². The van der Waals surface area contributed by atoms with E-state index in [1.165, 1.54) is 0 Å². The van der Waals surface area contributed by atoms with E-state index in [0.717, 1.165) is 68.2 Å². The number of anilines is 1. The summed E-state index contributed by atoms with van der Waals surface area (Å²) in [5.41, 5.74) is 3.59. The van der Waals surface area contributed by atoms with E-state index in [4.69, 9.17) is 26.1 Å². The van der Waals surface area contributed by atoms with Gasteiger partial charge in [0.05, 0.1) is 31.0 Å². The molecule has 0 amide bonds. The normalized spacial score (nSPS) is 16.0. The quantitative estimate of drug-likeness (QED) is 0.314. The van der Waals surface area contributed by atoms with Crippen LogP contribution in [0.3, 0.4) is 0 Å². The van der Waals surface area contributed by atoms with Gasteiger partial charge in [-0.15, -0.1) is 4.31 Å². The number of hydrogen-bond donors (Lipinski definition) is 0. The summed E-state index contributed by atoms with van der Waals surface area (Å²) in [6.45, 7) is 4.93. The molecule has 1 fully saturated rings. The van der Waals surface area contributed by atoms with Crippen LogP contribution in [-0.2, 0) is 11.4 Å². The minimum Gasteiger partial charge on any atom is -0.598 e. The minimum atomic E-state index is -0.931. The van der Waals surface area contributed by atoms with Gasteiger partial charge in [0.1, 0.15) is 23.4 Å². The van der Waals surface area contributed by atoms with Crippen molar-refractivity contribution in [1.29, 1.82) is 0 Å². The molecule has 0 spiro atoms. The van der Waals surface area contributed by atoms with Crippen LogP contribution in [0.2, 0.25) is 5.02 Å². The van der Waals surface area contributed by atoms with Crippen molar-refractivity contribution in [3.63, 3.8) is 0 Å². The highest BCUT2D eigenvalue weighted by Crippen LogP contribution is 2.38. The van der Waals surface area contributed by atoms with Crippen molar-refractivity contribution in [3.8, 4) is 22.8 Å². The molecule has 1 aliphatic heterocycles. The highest BCUT2D eigenvalue weighted by molar-refractivity contribution is 7.88. The van der Waals surface area contributed by atoms with Crippen molar-refractivity contribution in [2.45, 2.75) is 12.8 Å². The predicted octanol–water partition coefficient (Wildman–Crippen LogP) is 3.80. The Kier molecular flexibility index (Phi) is 8.67. The van der Waals surface area contributed by atoms with Crippen LogP contribution >= 0.6 is 11.6 Å². The van der Waals surface area contributed by atoms with Crippen LogP contribution in [-0.4, -0.2) is 89.9 Å². The van der Waals surface area contributed by atoms with Crippen LogP contribution < -0.4 is 14.4 Å². The summed E-state index contributed by atoms with van der Waals surface area (Å²) >= 11 is 5.54. The molecule has 1 aliphatic rings. The smallest absolute Gasteiger partial charge is 0.141 e. The standard InChI is InChI=1S/C25H34ClN5O3S/c1-28(2)8-6-14-34-23-17-24(33-3)21(26)16-20(23)22-18-30-11-7-19(15-25(30)27-22)29-9-5-10-31(13-12-29)35(4)32/h7,11,15-18H,5-6,8-10,12-14H2,1-4H3. The molecule has 8 nitrogen and oxygen atoms in total. The van der Waals surface area contributed by atoms with Crippen LogP contribution in [0, 0.1) is 0 Å². The maximum absolute atomic E-state index is 11.9. The first-order chi connectivity index (χ1) is 16.9. The molecule has 0 N–H and O–H groups in total. The molecular weight excluding hydrogens is 486 g/mol. The molecular formula is C25H34ClN5O3S. The number of halogens is 1. The van der Waals surface area contributed by atoms with E-state index >= 15 is 0 Å². The Morgan fingerprint density at radius 3 is 2.71 bits per heavy atom. The van der Waals surface area contributed by atoms with Gasteiger partial charge in [-0.3, -0.25) is 0 Å². The van der Waals surface area contributed by atoms with Crippen molar-refractivity contribution in [2.75, 3.05) is 71.7 Å². The molecule has 35 heavy (non-hydrogen) atoms. The van der Waals surface area contributed by atoms with E-state index in [0.29, 0.717) is 23.1 Å². The van der Waals surface area contributed by atoms with Gasteiger partial charge in [-0.25, -0.2) is 4.98 Å². The lowest BCUT2D eigenvalue weighted by Gasteiger charge is -2.23. The summed E-state index contributed by atoms with van der Waals surface area (Å²) in [5.74, 6) is 1.28. The molecule has 0 saturated carbocycles. The van der Waals surface area contributed by atoms with E-state index in [2.05, 4.69) is 21.9 Å². The summed E-state index contributed by atoms with van der Waals surface area (Å²) in [5, 5.41) is 0.517. The maximum atomic E-state index is 11.9. The molecule has 3 heterocycles. The van der Waals surface area contributed by atoms with Crippen LogP contribution in [0.4, 0.5) is 5.69 Å². The zero-order chi connectivity index (χ0) is 24.9. The maximum Gasteiger partial charge on any atom is 0.141 e. The number of methoxy groups -OCH3 is 1. The van der Waals surface area contributed by atoms with Crippen molar-refractivity contribution in [3.05, 3.63) is 41.7 Å². The largest absolute Gasteiger partial charge is 0.598 e. The summed E-state index contributed by atoms with van der Waals surface area (Å²) in [7, 11) is 5.70. The second kappa shape index (κ2) is 11.7. The van der Waals surface area contributed by atoms with Gasteiger partial charge in [0.2, 0.25) is 0 Å². The van der Waals surface area contributed by atoms with E-state index in [-0.39, 0.29) is 0 Å². The first kappa shape index (κ1) is 25.9. The molecule has 2 aromatic heterocycles. The van der Waals surface area contributed by atoms with Crippen molar-refractivity contribution < 1.29 is 14.0 Å². The van der Waals surface area contributed by atoms with Crippen molar-refractivity contribution in [2.24, 2.45) is 0 Å². The van der Waals surface area contributed by atoms with E-state index in [1.54, 1.807) is 13.4 Å². The molecule has 1 saturated heterocycles. The van der Waals surface area contributed by atoms with Gasteiger partial charge in [-0.2, -0.15) is 0 Å². The summed E-state index contributed by atoms with van der Waals surface area (Å²) < 4.78 is 27.5. The number of rotatable bonds is 9. The van der Waals surface area contributed by atoms with Crippen molar-refractivity contribution in [1.82, 2.24) is 18.6 Å². The fraction of sp³-hybridized carbons (Fsp3) is 0.480. The molecule has 1 unspecified atom stereocenters. The highest BCUT2D eigenvalue weighted by Gasteiger charge is 2.21. The SMILES string of the molecule is COc1cc(OCCCN(C)C)c(-c2cn3ccc(N4CCCN([S+](C)[O-])CC4)cc3n2)cc1Cl. The van der Waals surface area contributed by atoms with Gasteiger partial charge in [0.15, 0.2) is 0 Å². The first-order valence-electron chi connectivity index (χ1n) is 11.8. The highest BCUT2D eigenvalue weighted by atomic mass is 35.5. The molecule has 10 heteroatoms. The third-order valence-electron chi connectivity index (χ3n) is 6.16. The Bertz CT molecular complexity index is 1140. The molecule has 0 aliphatic carbocycles. The molecule has 0 radical (unpaired) electrons. The molecule has 190 valence electrons. The number of ether oxygens (including phenoxy) is 2. The monoisotopic (exact) mass is 519 g/mol. The molecule has 3 aromatic rings. The number of nitrogens with zero attached hydrogens (tertiary/aromatic N) is 5. The average Bonchev–Trinajstić information content (AvgIpc) is 3.09. The number of benzene rings is 1. The fourth-order valence-corrected chi connectivity index (χ4v) is 5.25. The van der Waals surface area contributed by atoms with E-state index in [9.17, 15) is 4.55 Å². The Morgan fingerprint density at radius 2 is 1.97 bits per heavy atom. The van der Waals surface area contributed by atoms with Crippen LogP contribution in [0.25, 0.3) is 16.9 Å². The molecule has 0 bridgehead atoms. The van der Waals surface area contributed by atoms with Crippen LogP contribution in [0.5, 0.6) is 11.5 Å². The Balaban J connectivity index is 1.59. The van der Waals surface area contributed by atoms with E-state index < -0.39 is 11.4 Å². The average molecular weight is 520 g/mol.